The molecule has 1 aromatic heterocycles. The van der Waals surface area contributed by atoms with Gasteiger partial charge in [0.15, 0.2) is 0 Å². The summed E-state index contributed by atoms with van der Waals surface area (Å²) >= 11 is 0. The number of aliphatic carboxylic acids is 1. The molecular weight excluding hydrogens is 212 g/mol. The summed E-state index contributed by atoms with van der Waals surface area (Å²) in [7, 11) is 0. The van der Waals surface area contributed by atoms with Crippen LogP contribution in [0.15, 0.2) is 35.0 Å². The molecule has 0 saturated carbocycles. The zero-order valence-electron chi connectivity index (χ0n) is 8.80. The molecule has 1 aromatic rings. The third kappa shape index (κ3) is 3.27. The fourth-order valence-corrected chi connectivity index (χ4v) is 1.11. The Morgan fingerprint density at radius 3 is 2.81 bits per heavy atom. The highest BCUT2D eigenvalue weighted by Crippen LogP contribution is 2.10. The molecule has 16 heavy (non-hydrogen) atoms. The van der Waals surface area contributed by atoms with E-state index in [-0.39, 0.29) is 17.8 Å². The van der Waals surface area contributed by atoms with Gasteiger partial charge in [0.2, 0.25) is 5.76 Å². The smallest absolute Gasteiger partial charge is 0.374 e. The van der Waals surface area contributed by atoms with Crippen molar-refractivity contribution in [1.29, 1.82) is 0 Å². The van der Waals surface area contributed by atoms with Gasteiger partial charge in [-0.1, -0.05) is 6.58 Å². The van der Waals surface area contributed by atoms with E-state index in [0.29, 0.717) is 0 Å². The minimum absolute atomic E-state index is 0.000236. The summed E-state index contributed by atoms with van der Waals surface area (Å²) in [6, 6.07) is 3.04. The molecule has 0 aliphatic rings. The molecule has 1 N–H and O–H groups in total. The van der Waals surface area contributed by atoms with Crippen LogP contribution in [0.25, 0.3) is 0 Å². The summed E-state index contributed by atoms with van der Waals surface area (Å²) in [4.78, 5) is 21.9. The van der Waals surface area contributed by atoms with Gasteiger partial charge in [0.05, 0.1) is 6.26 Å². The molecule has 0 fully saturated rings. The van der Waals surface area contributed by atoms with Crippen LogP contribution in [0.1, 0.15) is 23.9 Å². The van der Waals surface area contributed by atoms with Crippen molar-refractivity contribution in [2.24, 2.45) is 0 Å². The van der Waals surface area contributed by atoms with Gasteiger partial charge in [-0.3, -0.25) is 0 Å². The van der Waals surface area contributed by atoms with E-state index in [9.17, 15) is 9.59 Å². The molecule has 1 atom stereocenters. The quantitative estimate of drug-likeness (QED) is 0.610. The van der Waals surface area contributed by atoms with Gasteiger partial charge in [0.25, 0.3) is 0 Å². The number of carboxylic acid groups (broad SMARTS) is 1. The fraction of sp³-hybridized carbons (Fsp3) is 0.273. The highest BCUT2D eigenvalue weighted by atomic mass is 16.6. The molecule has 1 unspecified atom stereocenters. The summed E-state index contributed by atoms with van der Waals surface area (Å²) in [5, 5.41) is 8.59. The summed E-state index contributed by atoms with van der Waals surface area (Å²) in [5.41, 5.74) is -0.000236. The second kappa shape index (κ2) is 5.16. The first-order valence-electron chi connectivity index (χ1n) is 4.66. The first kappa shape index (κ1) is 12.0. The van der Waals surface area contributed by atoms with Crippen LogP contribution in [0.5, 0.6) is 0 Å². The SMILES string of the molecule is C=C(CC(C)OC(=O)c1ccco1)C(=O)O. The van der Waals surface area contributed by atoms with E-state index < -0.39 is 18.0 Å². The molecule has 0 aliphatic carbocycles. The third-order valence-corrected chi connectivity index (χ3v) is 1.87. The lowest BCUT2D eigenvalue weighted by molar-refractivity contribution is -0.133. The minimum atomic E-state index is -1.10. The van der Waals surface area contributed by atoms with Crippen molar-refractivity contribution >= 4 is 11.9 Å². The number of carboxylic acids is 1. The number of rotatable bonds is 5. The Balaban J connectivity index is 2.46. The van der Waals surface area contributed by atoms with Gasteiger partial charge in [-0.05, 0) is 19.1 Å². The van der Waals surface area contributed by atoms with Crippen molar-refractivity contribution in [3.63, 3.8) is 0 Å². The molecule has 0 spiro atoms. The standard InChI is InChI=1S/C11H12O5/c1-7(10(12)13)6-8(2)16-11(14)9-4-3-5-15-9/h3-5,8H,1,6H2,2H3,(H,12,13). The van der Waals surface area contributed by atoms with Gasteiger partial charge in [-0.25, -0.2) is 9.59 Å². The predicted octanol–water partition coefficient (Wildman–Crippen LogP) is 1.86. The van der Waals surface area contributed by atoms with Crippen LogP contribution < -0.4 is 0 Å². The second-order valence-corrected chi connectivity index (χ2v) is 3.31. The molecule has 86 valence electrons. The molecule has 0 bridgehead atoms. The van der Waals surface area contributed by atoms with Crippen LogP contribution in [0, 0.1) is 0 Å². The Hall–Kier alpha value is -2.04. The summed E-state index contributed by atoms with van der Waals surface area (Å²) in [6.45, 7) is 4.94. The Morgan fingerprint density at radius 2 is 2.31 bits per heavy atom. The van der Waals surface area contributed by atoms with Crippen LogP contribution in [-0.2, 0) is 9.53 Å². The fourth-order valence-electron chi connectivity index (χ4n) is 1.11. The molecular formula is C11H12O5. The Morgan fingerprint density at radius 1 is 1.62 bits per heavy atom. The zero-order chi connectivity index (χ0) is 12.1. The van der Waals surface area contributed by atoms with Crippen molar-refractivity contribution in [3.05, 3.63) is 36.3 Å². The molecule has 0 amide bonds. The van der Waals surface area contributed by atoms with Crippen molar-refractivity contribution in [3.8, 4) is 0 Å². The van der Waals surface area contributed by atoms with E-state index in [1.165, 1.54) is 12.3 Å². The van der Waals surface area contributed by atoms with E-state index in [2.05, 4.69) is 6.58 Å². The normalized spacial score (nSPS) is 11.8. The van der Waals surface area contributed by atoms with E-state index in [4.69, 9.17) is 14.3 Å². The maximum Gasteiger partial charge on any atom is 0.374 e. The molecule has 5 heteroatoms. The highest BCUT2D eigenvalue weighted by Gasteiger charge is 2.16. The number of hydrogen-bond donors (Lipinski definition) is 1. The zero-order valence-corrected chi connectivity index (χ0v) is 8.80. The van der Waals surface area contributed by atoms with Gasteiger partial charge >= 0.3 is 11.9 Å². The van der Waals surface area contributed by atoms with Crippen molar-refractivity contribution in [1.82, 2.24) is 0 Å². The van der Waals surface area contributed by atoms with Gasteiger partial charge in [-0.15, -0.1) is 0 Å². The van der Waals surface area contributed by atoms with Crippen molar-refractivity contribution in [2.45, 2.75) is 19.4 Å². The molecule has 0 radical (unpaired) electrons. The summed E-state index contributed by atoms with van der Waals surface area (Å²) in [5.74, 6) is -1.62. The number of hydrogen-bond acceptors (Lipinski definition) is 4. The molecule has 0 saturated heterocycles. The maximum atomic E-state index is 11.4. The molecule has 5 nitrogen and oxygen atoms in total. The molecule has 0 aliphatic heterocycles. The summed E-state index contributed by atoms with van der Waals surface area (Å²) in [6.07, 6.45) is 0.889. The van der Waals surface area contributed by atoms with Gasteiger partial charge in [-0.2, -0.15) is 0 Å². The van der Waals surface area contributed by atoms with Crippen LogP contribution in [0.2, 0.25) is 0 Å². The number of ether oxygens (including phenoxy) is 1. The average molecular weight is 224 g/mol. The predicted molar refractivity (Wildman–Crippen MR) is 55.0 cm³/mol. The van der Waals surface area contributed by atoms with Gasteiger partial charge in [0, 0.05) is 12.0 Å². The van der Waals surface area contributed by atoms with Crippen molar-refractivity contribution in [2.75, 3.05) is 0 Å². The van der Waals surface area contributed by atoms with Gasteiger partial charge < -0.3 is 14.3 Å². The Labute approximate surface area is 92.3 Å². The first-order chi connectivity index (χ1) is 7.50. The largest absolute Gasteiger partial charge is 0.478 e. The van der Waals surface area contributed by atoms with E-state index in [0.717, 1.165) is 0 Å². The first-order valence-corrected chi connectivity index (χ1v) is 4.66. The molecule has 0 aromatic carbocycles. The number of furan rings is 1. The molecule has 1 rings (SSSR count). The number of esters is 1. The third-order valence-electron chi connectivity index (χ3n) is 1.87. The van der Waals surface area contributed by atoms with E-state index >= 15 is 0 Å². The van der Waals surface area contributed by atoms with Crippen LogP contribution in [-0.4, -0.2) is 23.1 Å². The Bertz CT molecular complexity index is 391. The van der Waals surface area contributed by atoms with Crippen molar-refractivity contribution < 1.29 is 23.8 Å². The number of carbonyl (C=O) groups excluding carboxylic acids is 1. The van der Waals surface area contributed by atoms with Crippen LogP contribution >= 0.6 is 0 Å². The van der Waals surface area contributed by atoms with E-state index in [1.807, 2.05) is 0 Å². The lowest BCUT2D eigenvalue weighted by Gasteiger charge is -2.11. The topological polar surface area (TPSA) is 76.7 Å². The number of carbonyl (C=O) groups is 2. The second-order valence-electron chi connectivity index (χ2n) is 3.31. The van der Waals surface area contributed by atoms with Crippen LogP contribution in [0.4, 0.5) is 0 Å². The lowest BCUT2D eigenvalue weighted by Crippen LogP contribution is -2.17. The minimum Gasteiger partial charge on any atom is -0.478 e. The lowest BCUT2D eigenvalue weighted by atomic mass is 10.1. The maximum absolute atomic E-state index is 11.4. The monoisotopic (exact) mass is 224 g/mol. The van der Waals surface area contributed by atoms with E-state index in [1.54, 1.807) is 13.0 Å². The average Bonchev–Trinajstić information content (AvgIpc) is 2.69. The van der Waals surface area contributed by atoms with Crippen LogP contribution in [0.3, 0.4) is 0 Å². The highest BCUT2D eigenvalue weighted by molar-refractivity contribution is 5.87. The van der Waals surface area contributed by atoms with Gasteiger partial charge in [0.1, 0.15) is 6.10 Å². The molecule has 1 heterocycles. The summed E-state index contributed by atoms with van der Waals surface area (Å²) < 4.78 is 9.79. The Kier molecular flexibility index (Phi) is 3.88.